The van der Waals surface area contributed by atoms with E-state index in [9.17, 15) is 5.26 Å². The van der Waals surface area contributed by atoms with Crippen LogP contribution in [0.1, 0.15) is 66.2 Å². The summed E-state index contributed by atoms with van der Waals surface area (Å²) in [6.07, 6.45) is 6.82. The van der Waals surface area contributed by atoms with Crippen LogP contribution in [0.5, 0.6) is 0 Å². The summed E-state index contributed by atoms with van der Waals surface area (Å²) in [7, 11) is 0. The normalized spacial score (nSPS) is 14.3. The third-order valence-corrected chi connectivity index (χ3v) is 3.49. The van der Waals surface area contributed by atoms with E-state index in [1.54, 1.807) is 0 Å². The van der Waals surface area contributed by atoms with Gasteiger partial charge in [-0.3, -0.25) is 5.32 Å². The quantitative estimate of drug-likeness (QED) is 0.550. The summed E-state index contributed by atoms with van der Waals surface area (Å²) in [4.78, 5) is 2.54. The van der Waals surface area contributed by atoms with Crippen molar-refractivity contribution in [3.05, 3.63) is 0 Å². The fourth-order valence-electron chi connectivity index (χ4n) is 2.37. The summed E-state index contributed by atoms with van der Waals surface area (Å²) in [6.45, 7) is 13.2. The highest BCUT2D eigenvalue weighted by Crippen LogP contribution is 2.13. The third kappa shape index (κ3) is 9.02. The molecule has 1 N–H and O–H groups in total. The maximum Gasteiger partial charge on any atom is 0.103 e. The minimum Gasteiger partial charge on any atom is -0.303 e. The molecule has 0 amide bonds. The topological polar surface area (TPSA) is 39.1 Å². The van der Waals surface area contributed by atoms with Gasteiger partial charge in [0.25, 0.3) is 0 Å². The Kier molecular flexibility index (Phi) is 10.9. The van der Waals surface area contributed by atoms with Gasteiger partial charge >= 0.3 is 0 Å². The SMILES string of the molecule is CCCNC(C)(C#N)CCCCN(CCC)CCC. The van der Waals surface area contributed by atoms with Gasteiger partial charge in [0.2, 0.25) is 0 Å². The summed E-state index contributed by atoms with van der Waals surface area (Å²) < 4.78 is 0. The first-order valence-electron chi connectivity index (χ1n) is 8.00. The van der Waals surface area contributed by atoms with Gasteiger partial charge in [-0.2, -0.15) is 5.26 Å². The van der Waals surface area contributed by atoms with Crippen LogP contribution in [-0.4, -0.2) is 36.6 Å². The molecule has 0 aromatic rings. The van der Waals surface area contributed by atoms with E-state index >= 15 is 0 Å². The van der Waals surface area contributed by atoms with Crippen molar-refractivity contribution >= 4 is 0 Å². The first-order valence-corrected chi connectivity index (χ1v) is 8.00. The van der Waals surface area contributed by atoms with E-state index in [0.717, 1.165) is 25.8 Å². The van der Waals surface area contributed by atoms with E-state index in [0.29, 0.717) is 0 Å². The van der Waals surface area contributed by atoms with Crippen LogP contribution < -0.4 is 5.32 Å². The summed E-state index contributed by atoms with van der Waals surface area (Å²) in [5.41, 5.74) is -0.337. The molecular formula is C16H33N3. The number of nitriles is 1. The van der Waals surface area contributed by atoms with Crippen LogP contribution >= 0.6 is 0 Å². The van der Waals surface area contributed by atoms with Crippen LogP contribution in [0, 0.1) is 11.3 Å². The summed E-state index contributed by atoms with van der Waals surface area (Å²) >= 11 is 0. The Morgan fingerprint density at radius 2 is 1.63 bits per heavy atom. The second-order valence-electron chi connectivity index (χ2n) is 5.67. The van der Waals surface area contributed by atoms with Crippen LogP contribution in [0.15, 0.2) is 0 Å². The minimum absolute atomic E-state index is 0.337. The van der Waals surface area contributed by atoms with Crippen molar-refractivity contribution in [3.63, 3.8) is 0 Å². The summed E-state index contributed by atoms with van der Waals surface area (Å²) in [6, 6.07) is 2.43. The standard InChI is InChI=1S/C16H33N3/c1-5-11-18-16(4,15-17)10-8-9-14-19(12-6-2)13-7-3/h18H,5-14H2,1-4H3. The summed E-state index contributed by atoms with van der Waals surface area (Å²) in [5.74, 6) is 0. The first kappa shape index (κ1) is 18.4. The zero-order chi connectivity index (χ0) is 14.6. The fourth-order valence-corrected chi connectivity index (χ4v) is 2.37. The molecule has 0 saturated heterocycles. The van der Waals surface area contributed by atoms with Gasteiger partial charge in [-0.15, -0.1) is 0 Å². The zero-order valence-electron chi connectivity index (χ0n) is 13.5. The number of nitrogens with zero attached hydrogens (tertiary/aromatic N) is 2. The monoisotopic (exact) mass is 267 g/mol. The molecule has 0 saturated carbocycles. The van der Waals surface area contributed by atoms with Crippen molar-refractivity contribution in [3.8, 4) is 6.07 Å². The van der Waals surface area contributed by atoms with E-state index in [4.69, 9.17) is 0 Å². The lowest BCUT2D eigenvalue weighted by molar-refractivity contribution is 0.263. The van der Waals surface area contributed by atoms with Gasteiger partial charge in [0, 0.05) is 0 Å². The number of hydrogen-bond acceptors (Lipinski definition) is 3. The number of nitrogens with one attached hydrogen (secondary N) is 1. The molecule has 0 bridgehead atoms. The van der Waals surface area contributed by atoms with Gasteiger partial charge in [0.15, 0.2) is 0 Å². The zero-order valence-corrected chi connectivity index (χ0v) is 13.5. The van der Waals surface area contributed by atoms with Crippen molar-refractivity contribution < 1.29 is 0 Å². The van der Waals surface area contributed by atoms with Gasteiger partial charge < -0.3 is 4.90 Å². The molecule has 0 radical (unpaired) electrons. The molecule has 0 aromatic heterocycles. The van der Waals surface area contributed by atoms with Crippen LogP contribution in [-0.2, 0) is 0 Å². The molecule has 1 atom stereocenters. The van der Waals surface area contributed by atoms with E-state index < -0.39 is 0 Å². The van der Waals surface area contributed by atoms with Crippen LogP contribution in [0.4, 0.5) is 0 Å². The van der Waals surface area contributed by atoms with Crippen LogP contribution in [0.3, 0.4) is 0 Å². The Bertz CT molecular complexity index is 241. The molecule has 0 spiro atoms. The van der Waals surface area contributed by atoms with Crippen LogP contribution in [0.25, 0.3) is 0 Å². The van der Waals surface area contributed by atoms with Gasteiger partial charge in [-0.1, -0.05) is 20.8 Å². The molecule has 112 valence electrons. The molecule has 3 nitrogen and oxygen atoms in total. The average molecular weight is 267 g/mol. The maximum absolute atomic E-state index is 9.27. The molecule has 19 heavy (non-hydrogen) atoms. The highest BCUT2D eigenvalue weighted by Gasteiger charge is 2.21. The van der Waals surface area contributed by atoms with E-state index in [-0.39, 0.29) is 5.54 Å². The molecule has 0 aliphatic heterocycles. The van der Waals surface area contributed by atoms with Crippen molar-refractivity contribution in [1.82, 2.24) is 10.2 Å². The number of unbranched alkanes of at least 4 members (excludes halogenated alkanes) is 1. The molecule has 3 heteroatoms. The van der Waals surface area contributed by atoms with Gasteiger partial charge in [-0.05, 0) is 71.6 Å². The Morgan fingerprint density at radius 1 is 1.00 bits per heavy atom. The second kappa shape index (κ2) is 11.3. The van der Waals surface area contributed by atoms with Gasteiger partial charge in [0.1, 0.15) is 5.54 Å². The van der Waals surface area contributed by atoms with Crippen molar-refractivity contribution in [1.29, 1.82) is 5.26 Å². The Balaban J connectivity index is 3.89. The Hall–Kier alpha value is -0.590. The molecule has 1 unspecified atom stereocenters. The van der Waals surface area contributed by atoms with Crippen LogP contribution in [0.2, 0.25) is 0 Å². The molecule has 0 rings (SSSR count). The second-order valence-corrected chi connectivity index (χ2v) is 5.67. The fraction of sp³-hybridized carbons (Fsp3) is 0.938. The van der Waals surface area contributed by atoms with E-state index in [2.05, 4.69) is 37.1 Å². The first-order chi connectivity index (χ1) is 9.11. The Morgan fingerprint density at radius 3 is 2.11 bits per heavy atom. The average Bonchev–Trinajstić information content (AvgIpc) is 2.42. The van der Waals surface area contributed by atoms with Crippen molar-refractivity contribution in [2.45, 2.75) is 71.8 Å². The predicted octanol–water partition coefficient (Wildman–Crippen LogP) is 3.56. The molecule has 0 heterocycles. The van der Waals surface area contributed by atoms with Crippen molar-refractivity contribution in [2.75, 3.05) is 26.2 Å². The minimum atomic E-state index is -0.337. The number of rotatable bonds is 12. The highest BCUT2D eigenvalue weighted by molar-refractivity contribution is 5.03. The van der Waals surface area contributed by atoms with Crippen molar-refractivity contribution in [2.24, 2.45) is 0 Å². The highest BCUT2D eigenvalue weighted by atomic mass is 15.1. The van der Waals surface area contributed by atoms with Gasteiger partial charge in [0.05, 0.1) is 6.07 Å². The predicted molar refractivity (Wildman–Crippen MR) is 83.2 cm³/mol. The Labute approximate surface area is 120 Å². The lowest BCUT2D eigenvalue weighted by atomic mass is 9.96. The lowest BCUT2D eigenvalue weighted by Gasteiger charge is -2.24. The molecule has 0 fully saturated rings. The molecule has 0 aliphatic rings. The maximum atomic E-state index is 9.27. The largest absolute Gasteiger partial charge is 0.303 e. The molecular weight excluding hydrogens is 234 g/mol. The van der Waals surface area contributed by atoms with Gasteiger partial charge in [-0.25, -0.2) is 0 Å². The van der Waals surface area contributed by atoms with E-state index in [1.165, 1.54) is 38.9 Å². The molecule has 0 aliphatic carbocycles. The third-order valence-electron chi connectivity index (χ3n) is 3.49. The number of hydrogen-bond donors (Lipinski definition) is 1. The lowest BCUT2D eigenvalue weighted by Crippen LogP contribution is -2.41. The smallest absolute Gasteiger partial charge is 0.103 e. The molecule has 0 aromatic carbocycles. The van der Waals surface area contributed by atoms with E-state index in [1.807, 2.05) is 6.92 Å². The summed E-state index contributed by atoms with van der Waals surface area (Å²) in [5, 5.41) is 12.6.